The molecule has 0 saturated heterocycles. The average Bonchev–Trinajstić information content (AvgIpc) is 3.14. The first-order valence-electron chi connectivity index (χ1n) is 9.41. The van der Waals surface area contributed by atoms with Gasteiger partial charge in [0.05, 0.1) is 28.0 Å². The third kappa shape index (κ3) is 4.62. The van der Waals surface area contributed by atoms with Crippen LogP contribution in [-0.4, -0.2) is 40.0 Å². The van der Waals surface area contributed by atoms with Crippen LogP contribution in [0.2, 0.25) is 0 Å². The Hall–Kier alpha value is -3.03. The van der Waals surface area contributed by atoms with Crippen LogP contribution in [0, 0.1) is 13.8 Å². The van der Waals surface area contributed by atoms with Gasteiger partial charge in [0.1, 0.15) is 0 Å². The van der Waals surface area contributed by atoms with Crippen molar-refractivity contribution in [3.05, 3.63) is 35.2 Å². The lowest BCUT2D eigenvalue weighted by atomic mass is 10.2. The molecule has 0 radical (unpaired) electrons. The number of amides is 3. The fraction of sp³-hybridized carbons (Fsp3) is 0.450. The van der Waals surface area contributed by atoms with Crippen molar-refractivity contribution in [2.24, 2.45) is 0 Å². The van der Waals surface area contributed by atoms with Crippen molar-refractivity contribution in [1.82, 2.24) is 20.6 Å². The van der Waals surface area contributed by atoms with E-state index in [0.717, 1.165) is 37.1 Å². The molecule has 148 valence electrons. The minimum Gasteiger partial charge on any atom is -0.449 e. The number of ether oxygens (including phenoxy) is 1. The molecule has 0 spiro atoms. The quantitative estimate of drug-likeness (QED) is 0.784. The number of urea groups is 1. The van der Waals surface area contributed by atoms with E-state index >= 15 is 0 Å². The van der Waals surface area contributed by atoms with Crippen LogP contribution in [0.1, 0.15) is 54.4 Å². The summed E-state index contributed by atoms with van der Waals surface area (Å²) in [6, 6.07) is 4.37. The van der Waals surface area contributed by atoms with Gasteiger partial charge in [-0.3, -0.25) is 10.1 Å². The molecule has 1 fully saturated rings. The Morgan fingerprint density at radius 2 is 1.71 bits per heavy atom. The van der Waals surface area contributed by atoms with Gasteiger partial charge in [-0.05, 0) is 51.8 Å². The monoisotopic (exact) mass is 384 g/mol. The second-order valence-corrected chi connectivity index (χ2v) is 7.09. The Bertz CT molecular complexity index is 922. The van der Waals surface area contributed by atoms with Gasteiger partial charge in [0.15, 0.2) is 6.10 Å². The number of fused-ring (bicyclic) bond motifs is 1. The van der Waals surface area contributed by atoms with Crippen LogP contribution in [0.15, 0.2) is 18.2 Å². The van der Waals surface area contributed by atoms with Gasteiger partial charge < -0.3 is 10.1 Å². The Morgan fingerprint density at radius 1 is 1.07 bits per heavy atom. The summed E-state index contributed by atoms with van der Waals surface area (Å²) in [5, 5.41) is 4.97. The maximum Gasteiger partial charge on any atom is 0.338 e. The summed E-state index contributed by atoms with van der Waals surface area (Å²) in [7, 11) is 0. The van der Waals surface area contributed by atoms with E-state index in [-0.39, 0.29) is 11.6 Å². The van der Waals surface area contributed by atoms with Crippen molar-refractivity contribution in [3.8, 4) is 0 Å². The van der Waals surface area contributed by atoms with Crippen LogP contribution in [0.5, 0.6) is 0 Å². The normalized spacial score (nSPS) is 15.2. The molecule has 0 unspecified atom stereocenters. The highest BCUT2D eigenvalue weighted by Crippen LogP contribution is 2.17. The molecular weight excluding hydrogens is 360 g/mol. The zero-order valence-electron chi connectivity index (χ0n) is 16.2. The maximum absolute atomic E-state index is 12.4. The van der Waals surface area contributed by atoms with E-state index in [0.29, 0.717) is 11.0 Å². The molecule has 1 atom stereocenters. The number of carbonyl (C=O) groups is 3. The Morgan fingerprint density at radius 3 is 2.39 bits per heavy atom. The topological polar surface area (TPSA) is 110 Å². The molecule has 1 aliphatic rings. The Labute approximate surface area is 163 Å². The first-order valence-corrected chi connectivity index (χ1v) is 9.41. The molecule has 0 aliphatic heterocycles. The molecule has 1 saturated carbocycles. The van der Waals surface area contributed by atoms with Crippen molar-refractivity contribution in [1.29, 1.82) is 0 Å². The van der Waals surface area contributed by atoms with Gasteiger partial charge in [-0.15, -0.1) is 0 Å². The van der Waals surface area contributed by atoms with Gasteiger partial charge in [-0.1, -0.05) is 12.8 Å². The first kappa shape index (κ1) is 19.7. The molecule has 3 amide bonds. The lowest BCUT2D eigenvalue weighted by Gasteiger charge is -2.15. The van der Waals surface area contributed by atoms with Crippen molar-refractivity contribution in [3.63, 3.8) is 0 Å². The van der Waals surface area contributed by atoms with E-state index in [1.165, 1.54) is 6.92 Å². The minimum atomic E-state index is -1.11. The predicted octanol–water partition coefficient (Wildman–Crippen LogP) is 2.56. The van der Waals surface area contributed by atoms with Crippen molar-refractivity contribution in [2.75, 3.05) is 0 Å². The van der Waals surface area contributed by atoms with Gasteiger partial charge in [-0.25, -0.2) is 19.6 Å². The van der Waals surface area contributed by atoms with Crippen LogP contribution in [0.4, 0.5) is 4.79 Å². The summed E-state index contributed by atoms with van der Waals surface area (Å²) in [5.74, 6) is -1.34. The van der Waals surface area contributed by atoms with E-state index < -0.39 is 24.0 Å². The molecule has 8 heteroatoms. The molecule has 8 nitrogen and oxygen atoms in total. The van der Waals surface area contributed by atoms with Gasteiger partial charge in [0.2, 0.25) is 0 Å². The van der Waals surface area contributed by atoms with Gasteiger partial charge in [-0.2, -0.15) is 0 Å². The van der Waals surface area contributed by atoms with Crippen LogP contribution in [0.25, 0.3) is 11.0 Å². The number of carbonyl (C=O) groups excluding carboxylic acids is 3. The standard InChI is InChI=1S/C20H24N4O4/c1-11-12(2)22-17-10-14(8-9-16(17)21-11)19(26)28-13(3)18(25)24-20(27)23-15-6-4-5-7-15/h8-10,13,15H,4-7H2,1-3H3,(H2,23,24,25,27)/t13-/m0/s1. The maximum atomic E-state index is 12.4. The molecule has 1 aromatic carbocycles. The van der Waals surface area contributed by atoms with Gasteiger partial charge >= 0.3 is 12.0 Å². The number of benzene rings is 1. The lowest BCUT2D eigenvalue weighted by molar-refractivity contribution is -0.127. The number of hydrogen-bond donors (Lipinski definition) is 2. The molecule has 28 heavy (non-hydrogen) atoms. The number of nitrogens with zero attached hydrogens (tertiary/aromatic N) is 2. The summed E-state index contributed by atoms with van der Waals surface area (Å²) in [6.07, 6.45) is 2.86. The molecule has 3 rings (SSSR count). The number of imide groups is 1. The lowest BCUT2D eigenvalue weighted by Crippen LogP contribution is -2.47. The third-order valence-electron chi connectivity index (χ3n) is 4.89. The molecular formula is C20H24N4O4. The second-order valence-electron chi connectivity index (χ2n) is 7.09. The van der Waals surface area contributed by atoms with Gasteiger partial charge in [0.25, 0.3) is 5.91 Å². The second kappa shape index (κ2) is 8.33. The molecule has 2 N–H and O–H groups in total. The number of aryl methyl sites for hydroxylation is 2. The van der Waals surface area contributed by atoms with E-state index in [9.17, 15) is 14.4 Å². The number of aromatic nitrogens is 2. The van der Waals surface area contributed by atoms with Gasteiger partial charge in [0, 0.05) is 6.04 Å². The molecule has 1 aromatic heterocycles. The molecule has 0 bridgehead atoms. The average molecular weight is 384 g/mol. The number of esters is 1. The Kier molecular flexibility index (Phi) is 5.87. The molecule has 1 aliphatic carbocycles. The van der Waals surface area contributed by atoms with Crippen LogP contribution in [-0.2, 0) is 9.53 Å². The summed E-state index contributed by atoms with van der Waals surface area (Å²) in [6.45, 7) is 5.13. The van der Waals surface area contributed by atoms with Crippen LogP contribution < -0.4 is 10.6 Å². The zero-order valence-corrected chi connectivity index (χ0v) is 16.2. The largest absolute Gasteiger partial charge is 0.449 e. The summed E-state index contributed by atoms with van der Waals surface area (Å²) in [4.78, 5) is 45.2. The number of nitrogens with one attached hydrogen (secondary N) is 2. The zero-order chi connectivity index (χ0) is 20.3. The smallest absolute Gasteiger partial charge is 0.338 e. The highest BCUT2D eigenvalue weighted by Gasteiger charge is 2.23. The highest BCUT2D eigenvalue weighted by molar-refractivity contribution is 5.99. The van der Waals surface area contributed by atoms with E-state index in [4.69, 9.17) is 4.74 Å². The summed E-state index contributed by atoms with van der Waals surface area (Å²) in [5.41, 5.74) is 3.11. The summed E-state index contributed by atoms with van der Waals surface area (Å²) < 4.78 is 5.19. The van der Waals surface area contributed by atoms with E-state index in [1.807, 2.05) is 13.8 Å². The third-order valence-corrected chi connectivity index (χ3v) is 4.89. The van der Waals surface area contributed by atoms with Crippen LogP contribution in [0.3, 0.4) is 0 Å². The van der Waals surface area contributed by atoms with E-state index in [2.05, 4.69) is 20.6 Å². The number of rotatable bonds is 4. The minimum absolute atomic E-state index is 0.0939. The first-order chi connectivity index (χ1) is 13.3. The van der Waals surface area contributed by atoms with Crippen LogP contribution >= 0.6 is 0 Å². The molecule has 2 aromatic rings. The SMILES string of the molecule is Cc1nc2ccc(C(=O)O[C@@H](C)C(=O)NC(=O)NC3CCCC3)cc2nc1C. The van der Waals surface area contributed by atoms with Crippen molar-refractivity contribution < 1.29 is 19.1 Å². The summed E-state index contributed by atoms with van der Waals surface area (Å²) >= 11 is 0. The Balaban J connectivity index is 1.59. The highest BCUT2D eigenvalue weighted by atomic mass is 16.5. The fourth-order valence-corrected chi connectivity index (χ4v) is 3.14. The van der Waals surface area contributed by atoms with Crippen molar-refractivity contribution in [2.45, 2.75) is 58.6 Å². The number of hydrogen-bond acceptors (Lipinski definition) is 6. The predicted molar refractivity (Wildman–Crippen MR) is 103 cm³/mol. The van der Waals surface area contributed by atoms with E-state index in [1.54, 1.807) is 18.2 Å². The fourth-order valence-electron chi connectivity index (χ4n) is 3.14. The van der Waals surface area contributed by atoms with Crippen molar-refractivity contribution >= 4 is 28.9 Å². The molecule has 1 heterocycles.